The third kappa shape index (κ3) is 2.46. The fourth-order valence-corrected chi connectivity index (χ4v) is 2.96. The molecule has 0 radical (unpaired) electrons. The van der Waals surface area contributed by atoms with Gasteiger partial charge in [-0.15, -0.1) is 0 Å². The number of nitrogens with one attached hydrogen (secondary N) is 1. The average molecular weight is 314 g/mol. The molecule has 1 aromatic heterocycles. The van der Waals surface area contributed by atoms with Gasteiger partial charge in [0.15, 0.2) is 10.4 Å². The minimum Gasteiger partial charge on any atom is -0.444 e. The van der Waals surface area contributed by atoms with Crippen molar-refractivity contribution in [2.45, 2.75) is 6.04 Å². The molecule has 18 heavy (non-hydrogen) atoms. The molecule has 2 bridgehead atoms. The minimum atomic E-state index is -0.140. The van der Waals surface area contributed by atoms with Gasteiger partial charge in [0.05, 0.1) is 0 Å². The maximum absolute atomic E-state index is 11.8. The number of fused-ring (bicyclic) bond motifs is 3. The highest BCUT2D eigenvalue weighted by molar-refractivity contribution is 9.10. The van der Waals surface area contributed by atoms with Crippen molar-refractivity contribution in [3.63, 3.8) is 0 Å². The quantitative estimate of drug-likeness (QED) is 0.895. The van der Waals surface area contributed by atoms with Crippen LogP contribution < -0.4 is 5.32 Å². The van der Waals surface area contributed by atoms with Crippen molar-refractivity contribution in [1.82, 2.24) is 15.1 Å². The molecule has 3 fully saturated rings. The van der Waals surface area contributed by atoms with Gasteiger partial charge in [-0.2, -0.15) is 0 Å². The molecule has 0 saturated carbocycles. The number of carbonyl (C=O) groups excluding carboxylic acids is 1. The monoisotopic (exact) mass is 313 g/mol. The van der Waals surface area contributed by atoms with Crippen LogP contribution in [0.1, 0.15) is 10.6 Å². The predicted molar refractivity (Wildman–Crippen MR) is 70.5 cm³/mol. The zero-order valence-electron chi connectivity index (χ0n) is 10.1. The van der Waals surface area contributed by atoms with E-state index in [4.69, 9.17) is 4.42 Å². The summed E-state index contributed by atoms with van der Waals surface area (Å²) in [5.74, 6) is 0.219. The van der Waals surface area contributed by atoms with Crippen molar-refractivity contribution in [3.8, 4) is 0 Å². The van der Waals surface area contributed by atoms with Crippen LogP contribution in [0.2, 0.25) is 0 Å². The van der Waals surface area contributed by atoms with E-state index in [9.17, 15) is 4.79 Å². The minimum absolute atomic E-state index is 0.140. The topological polar surface area (TPSA) is 48.7 Å². The van der Waals surface area contributed by atoms with Gasteiger partial charge in [-0.3, -0.25) is 14.6 Å². The van der Waals surface area contributed by atoms with Gasteiger partial charge in [0, 0.05) is 45.3 Å². The number of furan rings is 1. The number of piperazine rings is 3. The number of rotatable bonds is 3. The van der Waals surface area contributed by atoms with Gasteiger partial charge < -0.3 is 9.73 Å². The van der Waals surface area contributed by atoms with E-state index in [2.05, 4.69) is 31.0 Å². The van der Waals surface area contributed by atoms with Crippen LogP contribution in [0.4, 0.5) is 0 Å². The standard InChI is InChI=1S/C12H16BrN3O2/c13-11-2-1-10(18-11)12(17)14-7-9-8-15-3-5-16(9)6-4-15/h1-2,9H,3-8H2,(H,14,17). The summed E-state index contributed by atoms with van der Waals surface area (Å²) in [5, 5.41) is 2.94. The summed E-state index contributed by atoms with van der Waals surface area (Å²) >= 11 is 3.19. The van der Waals surface area contributed by atoms with Crippen LogP contribution in [0.15, 0.2) is 21.2 Å². The summed E-state index contributed by atoms with van der Waals surface area (Å²) < 4.78 is 5.81. The first-order valence-electron chi connectivity index (χ1n) is 6.22. The molecular formula is C12H16BrN3O2. The predicted octanol–water partition coefficient (Wildman–Crippen LogP) is 0.772. The molecule has 4 rings (SSSR count). The van der Waals surface area contributed by atoms with Gasteiger partial charge >= 0.3 is 0 Å². The summed E-state index contributed by atoms with van der Waals surface area (Å²) in [5.41, 5.74) is 0. The lowest BCUT2D eigenvalue weighted by atomic mass is 10.1. The Morgan fingerprint density at radius 3 is 2.72 bits per heavy atom. The van der Waals surface area contributed by atoms with E-state index < -0.39 is 0 Å². The van der Waals surface area contributed by atoms with E-state index in [1.54, 1.807) is 12.1 Å². The number of halogens is 1. The van der Waals surface area contributed by atoms with Crippen LogP contribution in [-0.2, 0) is 0 Å². The van der Waals surface area contributed by atoms with Crippen molar-refractivity contribution in [2.24, 2.45) is 0 Å². The molecule has 6 heteroatoms. The van der Waals surface area contributed by atoms with Crippen molar-refractivity contribution in [2.75, 3.05) is 39.3 Å². The molecule has 1 atom stereocenters. The van der Waals surface area contributed by atoms with Gasteiger partial charge in [0.2, 0.25) is 0 Å². The Morgan fingerprint density at radius 1 is 1.39 bits per heavy atom. The molecule has 0 aromatic carbocycles. The lowest BCUT2D eigenvalue weighted by Gasteiger charge is -2.47. The van der Waals surface area contributed by atoms with E-state index in [-0.39, 0.29) is 5.91 Å². The molecule has 0 aliphatic carbocycles. The molecule has 98 valence electrons. The molecular weight excluding hydrogens is 298 g/mol. The molecule has 1 aromatic rings. The summed E-state index contributed by atoms with van der Waals surface area (Å²) in [6, 6.07) is 3.85. The maximum atomic E-state index is 11.8. The van der Waals surface area contributed by atoms with Gasteiger partial charge in [-0.25, -0.2) is 0 Å². The number of nitrogens with zero attached hydrogens (tertiary/aromatic N) is 2. The first kappa shape index (κ1) is 12.2. The lowest BCUT2D eigenvalue weighted by Crippen LogP contribution is -2.63. The molecule has 0 spiro atoms. The summed E-state index contributed by atoms with van der Waals surface area (Å²) in [6.07, 6.45) is 0. The van der Waals surface area contributed by atoms with Crippen LogP contribution in [0.25, 0.3) is 0 Å². The summed E-state index contributed by atoms with van der Waals surface area (Å²) in [6.45, 7) is 6.31. The highest BCUT2D eigenvalue weighted by atomic mass is 79.9. The second kappa shape index (κ2) is 5.03. The van der Waals surface area contributed by atoms with Crippen LogP contribution in [-0.4, -0.2) is 61.0 Å². The SMILES string of the molecule is O=C(NCC1CN2CCN1CC2)c1ccc(Br)o1. The fourth-order valence-electron chi connectivity index (χ4n) is 2.65. The van der Waals surface area contributed by atoms with Crippen molar-refractivity contribution >= 4 is 21.8 Å². The van der Waals surface area contributed by atoms with Crippen molar-refractivity contribution in [3.05, 3.63) is 22.6 Å². The second-order valence-corrected chi connectivity index (χ2v) is 5.59. The molecule has 1 amide bonds. The van der Waals surface area contributed by atoms with Crippen LogP contribution in [0.5, 0.6) is 0 Å². The van der Waals surface area contributed by atoms with Crippen LogP contribution in [0.3, 0.4) is 0 Å². The Kier molecular flexibility index (Phi) is 3.41. The number of amides is 1. The van der Waals surface area contributed by atoms with Crippen LogP contribution >= 0.6 is 15.9 Å². The van der Waals surface area contributed by atoms with Gasteiger partial charge in [0.25, 0.3) is 5.91 Å². The lowest BCUT2D eigenvalue weighted by molar-refractivity contribution is 0.0137. The molecule has 1 N–H and O–H groups in total. The Hall–Kier alpha value is -0.850. The van der Waals surface area contributed by atoms with Gasteiger partial charge in [-0.05, 0) is 28.1 Å². The summed E-state index contributed by atoms with van der Waals surface area (Å²) in [4.78, 5) is 16.8. The number of hydrogen-bond donors (Lipinski definition) is 1. The van der Waals surface area contributed by atoms with E-state index >= 15 is 0 Å². The highest BCUT2D eigenvalue weighted by Gasteiger charge is 2.31. The highest BCUT2D eigenvalue weighted by Crippen LogP contribution is 2.16. The third-order valence-electron chi connectivity index (χ3n) is 3.69. The van der Waals surface area contributed by atoms with Gasteiger partial charge in [-0.1, -0.05) is 0 Å². The largest absolute Gasteiger partial charge is 0.444 e. The molecule has 3 saturated heterocycles. The number of hydrogen-bond acceptors (Lipinski definition) is 4. The molecule has 3 aliphatic heterocycles. The Balaban J connectivity index is 1.54. The molecule has 3 aliphatic rings. The smallest absolute Gasteiger partial charge is 0.287 e. The summed E-state index contributed by atoms with van der Waals surface area (Å²) in [7, 11) is 0. The first-order valence-corrected chi connectivity index (χ1v) is 7.01. The molecule has 1 unspecified atom stereocenters. The Morgan fingerprint density at radius 2 is 2.17 bits per heavy atom. The second-order valence-electron chi connectivity index (χ2n) is 4.80. The Bertz CT molecular complexity index is 440. The van der Waals surface area contributed by atoms with E-state index in [1.807, 2.05) is 0 Å². The number of carbonyl (C=O) groups is 1. The van der Waals surface area contributed by atoms with E-state index in [1.165, 1.54) is 0 Å². The van der Waals surface area contributed by atoms with E-state index in [0.717, 1.165) is 32.7 Å². The fraction of sp³-hybridized carbons (Fsp3) is 0.583. The van der Waals surface area contributed by atoms with Crippen LogP contribution in [0, 0.1) is 0 Å². The van der Waals surface area contributed by atoms with Crippen molar-refractivity contribution in [1.29, 1.82) is 0 Å². The zero-order valence-corrected chi connectivity index (χ0v) is 11.6. The molecule has 5 nitrogen and oxygen atoms in total. The maximum Gasteiger partial charge on any atom is 0.287 e. The third-order valence-corrected chi connectivity index (χ3v) is 4.11. The zero-order chi connectivity index (χ0) is 12.5. The van der Waals surface area contributed by atoms with Gasteiger partial charge in [0.1, 0.15) is 0 Å². The Labute approximate surface area is 114 Å². The first-order chi connectivity index (χ1) is 8.72. The molecule has 4 heterocycles. The van der Waals surface area contributed by atoms with Crippen molar-refractivity contribution < 1.29 is 9.21 Å². The van der Waals surface area contributed by atoms with E-state index in [0.29, 0.717) is 23.0 Å². The average Bonchev–Trinajstić information content (AvgIpc) is 2.84. The normalized spacial score (nSPS) is 30.4.